The number of fused-ring (bicyclic) bond motifs is 3. The number of imidazole rings is 1. The first-order chi connectivity index (χ1) is 28.1. The lowest BCUT2D eigenvalue weighted by molar-refractivity contribution is 0.675. The van der Waals surface area contributed by atoms with E-state index in [9.17, 15) is 5.26 Å². The largest absolute Gasteiger partial charge is 0.344 e. The van der Waals surface area contributed by atoms with Crippen LogP contribution in [0.5, 0.6) is 0 Å². The molecule has 0 radical (unpaired) electrons. The van der Waals surface area contributed by atoms with Gasteiger partial charge in [0.2, 0.25) is 0 Å². The average molecular weight is 733 g/mol. The summed E-state index contributed by atoms with van der Waals surface area (Å²) in [6.07, 6.45) is 0.389. The number of nitriles is 1. The van der Waals surface area contributed by atoms with Crippen LogP contribution in [0.1, 0.15) is 41.2 Å². The maximum Gasteiger partial charge on any atom is 0.160 e. The molecule has 6 nitrogen and oxygen atoms in total. The molecule has 10 rings (SSSR count). The van der Waals surface area contributed by atoms with Gasteiger partial charge in [-0.05, 0) is 97.9 Å². The topological polar surface area (TPSA) is 78.4 Å². The lowest BCUT2D eigenvalue weighted by atomic mass is 9.95. The number of nitrogens with zero attached hydrogens (tertiary/aromatic N) is 5. The number of aromatic nitrogens is 2. The maximum absolute atomic E-state index is 10.3. The molecule has 1 aliphatic rings. The van der Waals surface area contributed by atoms with E-state index < -0.39 is 6.17 Å². The fourth-order valence-electron chi connectivity index (χ4n) is 8.07. The molecule has 1 aliphatic heterocycles. The van der Waals surface area contributed by atoms with E-state index in [1.807, 2.05) is 18.2 Å². The summed E-state index contributed by atoms with van der Waals surface area (Å²) >= 11 is 0. The van der Waals surface area contributed by atoms with Gasteiger partial charge in [0.1, 0.15) is 17.8 Å². The standard InChI is InChI=1S/C51H36N6/c1-2-48-53-46-25-7-8-26-47(46)57(48)41-20-10-18-37(31-41)40-28-33(32-52)27-39(30-40)36-17-9-19-38(29-36)49-54-50(44-23-11-15-34-13-3-5-21-42(34)44)56-51(55-49)45-24-12-16-35-14-4-6-22-43(35)45/h3-31,49H,2H2,1H3,(H,54,55,56). The Morgan fingerprint density at radius 2 is 1.25 bits per heavy atom. The van der Waals surface area contributed by atoms with Gasteiger partial charge in [0.25, 0.3) is 0 Å². The van der Waals surface area contributed by atoms with Crippen LogP contribution in [0, 0.1) is 11.3 Å². The molecule has 8 aromatic carbocycles. The summed E-state index contributed by atoms with van der Waals surface area (Å²) in [5, 5.41) is 18.5. The summed E-state index contributed by atoms with van der Waals surface area (Å²) in [6, 6.07) is 63.1. The van der Waals surface area contributed by atoms with Crippen LogP contribution in [0.2, 0.25) is 0 Å². The molecule has 0 bridgehead atoms. The van der Waals surface area contributed by atoms with Gasteiger partial charge in [-0.3, -0.25) is 4.57 Å². The first kappa shape index (κ1) is 33.9. The maximum atomic E-state index is 10.3. The molecule has 1 N–H and O–H groups in total. The number of benzene rings is 8. The Bertz CT molecular complexity index is 3120. The van der Waals surface area contributed by atoms with Gasteiger partial charge in [-0.2, -0.15) is 5.26 Å². The molecular weight excluding hydrogens is 697 g/mol. The number of hydrogen-bond acceptors (Lipinski definition) is 5. The molecule has 0 saturated heterocycles. The molecule has 0 spiro atoms. The van der Waals surface area contributed by atoms with Crippen molar-refractivity contribution in [3.63, 3.8) is 0 Å². The summed E-state index contributed by atoms with van der Waals surface area (Å²) in [5.41, 5.74) is 10.6. The van der Waals surface area contributed by atoms with Gasteiger partial charge in [-0.25, -0.2) is 15.0 Å². The number of rotatable bonds is 7. The minimum atomic E-state index is -0.418. The highest BCUT2D eigenvalue weighted by Crippen LogP contribution is 2.34. The molecule has 0 fully saturated rings. The second-order valence-corrected chi connectivity index (χ2v) is 14.3. The minimum absolute atomic E-state index is 0.418. The number of para-hydroxylation sites is 2. The van der Waals surface area contributed by atoms with Crippen molar-refractivity contribution >= 4 is 44.2 Å². The van der Waals surface area contributed by atoms with Gasteiger partial charge < -0.3 is 5.32 Å². The van der Waals surface area contributed by atoms with Crippen molar-refractivity contribution in [1.82, 2.24) is 14.9 Å². The molecule has 0 amide bonds. The smallest absolute Gasteiger partial charge is 0.160 e. The minimum Gasteiger partial charge on any atom is -0.344 e. The highest BCUT2D eigenvalue weighted by molar-refractivity contribution is 6.20. The fraction of sp³-hybridized carbons (Fsp3) is 0.0588. The zero-order valence-corrected chi connectivity index (χ0v) is 31.3. The lowest BCUT2D eigenvalue weighted by Gasteiger charge is -2.25. The van der Waals surface area contributed by atoms with Gasteiger partial charge in [0, 0.05) is 23.2 Å². The predicted molar refractivity (Wildman–Crippen MR) is 233 cm³/mol. The van der Waals surface area contributed by atoms with Crippen LogP contribution in [0.3, 0.4) is 0 Å². The molecule has 9 aromatic rings. The van der Waals surface area contributed by atoms with Crippen molar-refractivity contribution in [2.45, 2.75) is 19.5 Å². The Labute approximate surface area is 330 Å². The monoisotopic (exact) mass is 732 g/mol. The Morgan fingerprint density at radius 3 is 2.00 bits per heavy atom. The molecule has 57 heavy (non-hydrogen) atoms. The van der Waals surface area contributed by atoms with Gasteiger partial charge in [0.15, 0.2) is 5.84 Å². The molecule has 0 saturated carbocycles. The highest BCUT2D eigenvalue weighted by atomic mass is 15.2. The third-order valence-electron chi connectivity index (χ3n) is 10.8. The Kier molecular flexibility index (Phi) is 8.46. The van der Waals surface area contributed by atoms with E-state index in [0.717, 1.165) is 95.3 Å². The van der Waals surface area contributed by atoms with Crippen LogP contribution in [0.15, 0.2) is 186 Å². The highest BCUT2D eigenvalue weighted by Gasteiger charge is 2.23. The summed E-state index contributed by atoms with van der Waals surface area (Å²) in [4.78, 5) is 15.4. The van der Waals surface area contributed by atoms with Crippen molar-refractivity contribution in [3.05, 3.63) is 204 Å². The van der Waals surface area contributed by atoms with Crippen LogP contribution in [0.4, 0.5) is 0 Å². The number of aryl methyl sites for hydroxylation is 1. The number of aliphatic imine (C=N–C) groups is 2. The van der Waals surface area contributed by atoms with E-state index in [4.69, 9.17) is 15.0 Å². The zero-order valence-electron chi connectivity index (χ0n) is 31.3. The van der Waals surface area contributed by atoms with Crippen LogP contribution >= 0.6 is 0 Å². The second kappa shape index (κ2) is 14.2. The molecule has 1 atom stereocenters. The van der Waals surface area contributed by atoms with Gasteiger partial charge >= 0.3 is 0 Å². The molecule has 6 heteroatoms. The Balaban J connectivity index is 1.06. The first-order valence-electron chi connectivity index (χ1n) is 19.3. The molecular formula is C51H36N6. The van der Waals surface area contributed by atoms with Crippen molar-refractivity contribution in [2.24, 2.45) is 9.98 Å². The normalized spacial score (nSPS) is 13.9. The van der Waals surface area contributed by atoms with E-state index in [2.05, 4.69) is 181 Å². The first-order valence-corrected chi connectivity index (χ1v) is 19.3. The molecule has 270 valence electrons. The molecule has 1 unspecified atom stereocenters. The third kappa shape index (κ3) is 6.22. The lowest BCUT2D eigenvalue weighted by Crippen LogP contribution is -2.33. The van der Waals surface area contributed by atoms with Crippen LogP contribution in [0.25, 0.3) is 60.5 Å². The van der Waals surface area contributed by atoms with E-state index in [1.54, 1.807) is 0 Å². The second-order valence-electron chi connectivity index (χ2n) is 14.3. The van der Waals surface area contributed by atoms with Gasteiger partial charge in [-0.15, -0.1) is 0 Å². The summed E-state index contributed by atoms with van der Waals surface area (Å²) in [6.45, 7) is 2.13. The molecule has 1 aromatic heterocycles. The van der Waals surface area contributed by atoms with Crippen LogP contribution in [-0.4, -0.2) is 21.2 Å². The van der Waals surface area contributed by atoms with E-state index in [1.165, 1.54) is 0 Å². The van der Waals surface area contributed by atoms with Crippen molar-refractivity contribution < 1.29 is 0 Å². The molecule has 0 aliphatic carbocycles. The fourth-order valence-corrected chi connectivity index (χ4v) is 8.07. The van der Waals surface area contributed by atoms with E-state index >= 15 is 0 Å². The van der Waals surface area contributed by atoms with Gasteiger partial charge in [0.05, 0.1) is 22.7 Å². The third-order valence-corrected chi connectivity index (χ3v) is 10.8. The van der Waals surface area contributed by atoms with Crippen molar-refractivity contribution in [2.75, 3.05) is 0 Å². The van der Waals surface area contributed by atoms with E-state index in [-0.39, 0.29) is 0 Å². The number of hydrogen-bond donors (Lipinski definition) is 1. The number of nitrogens with one attached hydrogen (secondary N) is 1. The summed E-state index contributed by atoms with van der Waals surface area (Å²) < 4.78 is 2.23. The Hall–Kier alpha value is -7.62. The summed E-state index contributed by atoms with van der Waals surface area (Å²) in [7, 11) is 0. The summed E-state index contributed by atoms with van der Waals surface area (Å²) in [5.74, 6) is 2.45. The molecule has 2 heterocycles. The quantitative estimate of drug-likeness (QED) is 0.177. The average Bonchev–Trinajstić information content (AvgIpc) is 3.67. The van der Waals surface area contributed by atoms with Gasteiger partial charge in [-0.1, -0.05) is 134 Å². The van der Waals surface area contributed by atoms with Crippen LogP contribution < -0.4 is 5.32 Å². The predicted octanol–water partition coefficient (Wildman–Crippen LogP) is 11.6. The zero-order chi connectivity index (χ0) is 38.3. The SMILES string of the molecule is CCc1nc2ccccc2n1-c1cccc(-c2cc(C#N)cc(-c3cccc(C4N=C(c5cccc6ccccc56)N=C(c5cccc6ccccc56)N4)c3)c2)c1. The van der Waals surface area contributed by atoms with Crippen LogP contribution in [-0.2, 0) is 6.42 Å². The van der Waals surface area contributed by atoms with E-state index in [0.29, 0.717) is 11.4 Å². The Morgan fingerprint density at radius 1 is 0.614 bits per heavy atom. The van der Waals surface area contributed by atoms with Crippen molar-refractivity contribution in [1.29, 1.82) is 5.26 Å². The van der Waals surface area contributed by atoms with Crippen molar-refractivity contribution in [3.8, 4) is 34.0 Å². The number of amidine groups is 2.